The van der Waals surface area contributed by atoms with Crippen molar-refractivity contribution < 1.29 is 18.9 Å². The standard InChI is InChI=1S/C14H26O4/c1-9(2)6-7-10-8-11-12(13(15-5)16-10)18-14(3,4)17-11/h9-13H,6-8H2,1-5H3/t10?,11-,12?,13-/m0/s1. The van der Waals surface area contributed by atoms with E-state index in [2.05, 4.69) is 13.8 Å². The molecule has 2 rings (SSSR count). The van der Waals surface area contributed by atoms with Gasteiger partial charge in [0.1, 0.15) is 6.10 Å². The van der Waals surface area contributed by atoms with E-state index >= 15 is 0 Å². The number of hydrogen-bond donors (Lipinski definition) is 0. The Balaban J connectivity index is 1.96. The normalized spacial score (nSPS) is 39.0. The number of rotatable bonds is 4. The molecule has 18 heavy (non-hydrogen) atoms. The molecule has 0 aromatic rings. The van der Waals surface area contributed by atoms with Gasteiger partial charge in [0.25, 0.3) is 0 Å². The number of methoxy groups -OCH3 is 1. The lowest BCUT2D eigenvalue weighted by Crippen LogP contribution is -2.47. The number of ether oxygens (including phenoxy) is 4. The van der Waals surface area contributed by atoms with Crippen LogP contribution in [0.5, 0.6) is 0 Å². The molecule has 4 heteroatoms. The molecule has 0 amide bonds. The van der Waals surface area contributed by atoms with Crippen molar-refractivity contribution >= 4 is 0 Å². The molecule has 4 nitrogen and oxygen atoms in total. The van der Waals surface area contributed by atoms with Crippen LogP contribution < -0.4 is 0 Å². The lowest BCUT2D eigenvalue weighted by Gasteiger charge is -2.36. The highest BCUT2D eigenvalue weighted by Crippen LogP contribution is 2.38. The van der Waals surface area contributed by atoms with Crippen molar-refractivity contribution in [2.75, 3.05) is 7.11 Å². The molecular formula is C14H26O4. The predicted octanol–water partition coefficient (Wildman–Crippen LogP) is 2.70. The van der Waals surface area contributed by atoms with Crippen LogP contribution in [0.1, 0.15) is 47.0 Å². The Morgan fingerprint density at radius 2 is 2.00 bits per heavy atom. The van der Waals surface area contributed by atoms with Crippen molar-refractivity contribution in [2.24, 2.45) is 5.92 Å². The van der Waals surface area contributed by atoms with Crippen LogP contribution in [0.25, 0.3) is 0 Å². The van der Waals surface area contributed by atoms with E-state index in [0.29, 0.717) is 5.92 Å². The molecule has 2 aliphatic heterocycles. The van der Waals surface area contributed by atoms with Crippen LogP contribution in [0.4, 0.5) is 0 Å². The molecule has 2 unspecified atom stereocenters. The summed E-state index contributed by atoms with van der Waals surface area (Å²) in [4.78, 5) is 0. The van der Waals surface area contributed by atoms with E-state index < -0.39 is 5.79 Å². The lowest BCUT2D eigenvalue weighted by molar-refractivity contribution is -0.242. The van der Waals surface area contributed by atoms with Crippen LogP contribution in [-0.2, 0) is 18.9 Å². The zero-order valence-electron chi connectivity index (χ0n) is 12.1. The third-order valence-corrected chi connectivity index (χ3v) is 3.61. The Kier molecular flexibility index (Phi) is 4.32. The maximum absolute atomic E-state index is 5.97. The fourth-order valence-corrected chi connectivity index (χ4v) is 2.75. The molecule has 0 aromatic heterocycles. The van der Waals surface area contributed by atoms with Gasteiger partial charge < -0.3 is 18.9 Å². The maximum Gasteiger partial charge on any atom is 0.186 e. The second kappa shape index (κ2) is 5.45. The summed E-state index contributed by atoms with van der Waals surface area (Å²) in [6.07, 6.45) is 3.04. The van der Waals surface area contributed by atoms with Gasteiger partial charge >= 0.3 is 0 Å². The maximum atomic E-state index is 5.97. The highest BCUT2D eigenvalue weighted by Gasteiger charge is 2.50. The second-order valence-electron chi connectivity index (χ2n) is 6.21. The monoisotopic (exact) mass is 258 g/mol. The summed E-state index contributed by atoms with van der Waals surface area (Å²) in [5.41, 5.74) is 0. The summed E-state index contributed by atoms with van der Waals surface area (Å²) in [6.45, 7) is 8.36. The molecule has 0 spiro atoms. The van der Waals surface area contributed by atoms with Gasteiger partial charge in [0.05, 0.1) is 12.2 Å². The van der Waals surface area contributed by atoms with E-state index in [1.165, 1.54) is 6.42 Å². The first kappa shape index (κ1) is 14.3. The van der Waals surface area contributed by atoms with Gasteiger partial charge in [-0.1, -0.05) is 13.8 Å². The average molecular weight is 258 g/mol. The van der Waals surface area contributed by atoms with E-state index in [0.717, 1.165) is 12.8 Å². The fourth-order valence-electron chi connectivity index (χ4n) is 2.75. The molecule has 0 aliphatic carbocycles. The van der Waals surface area contributed by atoms with E-state index in [-0.39, 0.29) is 24.6 Å². The van der Waals surface area contributed by atoms with Crippen LogP contribution in [0.15, 0.2) is 0 Å². The number of hydrogen-bond acceptors (Lipinski definition) is 4. The molecular weight excluding hydrogens is 232 g/mol. The molecule has 2 aliphatic rings. The molecule has 0 bridgehead atoms. The average Bonchev–Trinajstić information content (AvgIpc) is 2.59. The third-order valence-electron chi connectivity index (χ3n) is 3.61. The van der Waals surface area contributed by atoms with E-state index in [1.54, 1.807) is 7.11 Å². The minimum atomic E-state index is -0.525. The Bertz CT molecular complexity index is 277. The summed E-state index contributed by atoms with van der Waals surface area (Å²) in [7, 11) is 1.67. The van der Waals surface area contributed by atoms with Gasteiger partial charge in [0.15, 0.2) is 12.1 Å². The first-order valence-corrected chi connectivity index (χ1v) is 6.95. The van der Waals surface area contributed by atoms with Gasteiger partial charge in [-0.15, -0.1) is 0 Å². The van der Waals surface area contributed by atoms with Crippen molar-refractivity contribution in [2.45, 2.75) is 77.3 Å². The molecule has 2 fully saturated rings. The second-order valence-corrected chi connectivity index (χ2v) is 6.21. The molecule has 0 N–H and O–H groups in total. The molecule has 0 saturated carbocycles. The summed E-state index contributed by atoms with van der Waals surface area (Å²) >= 11 is 0. The van der Waals surface area contributed by atoms with Gasteiger partial charge in [-0.2, -0.15) is 0 Å². The smallest absolute Gasteiger partial charge is 0.186 e. The molecule has 106 valence electrons. The topological polar surface area (TPSA) is 36.9 Å². The van der Waals surface area contributed by atoms with Gasteiger partial charge in [0.2, 0.25) is 0 Å². The van der Waals surface area contributed by atoms with Gasteiger partial charge in [-0.25, -0.2) is 0 Å². The predicted molar refractivity (Wildman–Crippen MR) is 68.2 cm³/mol. The number of fused-ring (bicyclic) bond motifs is 1. The Morgan fingerprint density at radius 3 is 2.61 bits per heavy atom. The summed E-state index contributed by atoms with van der Waals surface area (Å²) < 4.78 is 23.2. The van der Waals surface area contributed by atoms with Crippen LogP contribution in [0, 0.1) is 5.92 Å². The largest absolute Gasteiger partial charge is 0.353 e. The highest BCUT2D eigenvalue weighted by atomic mass is 16.8. The lowest BCUT2D eigenvalue weighted by atomic mass is 9.96. The van der Waals surface area contributed by atoms with Gasteiger partial charge in [0, 0.05) is 13.5 Å². The quantitative estimate of drug-likeness (QED) is 0.777. The Morgan fingerprint density at radius 1 is 1.28 bits per heavy atom. The molecule has 0 radical (unpaired) electrons. The van der Waals surface area contributed by atoms with Crippen molar-refractivity contribution in [1.82, 2.24) is 0 Å². The first-order valence-electron chi connectivity index (χ1n) is 6.95. The van der Waals surface area contributed by atoms with E-state index in [1.807, 2.05) is 13.8 Å². The minimum Gasteiger partial charge on any atom is -0.353 e. The van der Waals surface area contributed by atoms with Crippen LogP contribution in [0.3, 0.4) is 0 Å². The van der Waals surface area contributed by atoms with Crippen molar-refractivity contribution in [3.05, 3.63) is 0 Å². The molecule has 2 saturated heterocycles. The highest BCUT2D eigenvalue weighted by molar-refractivity contribution is 4.90. The van der Waals surface area contributed by atoms with Crippen LogP contribution in [-0.4, -0.2) is 37.5 Å². The van der Waals surface area contributed by atoms with Crippen LogP contribution in [0.2, 0.25) is 0 Å². The molecule has 4 atom stereocenters. The Hall–Kier alpha value is -0.160. The summed E-state index contributed by atoms with van der Waals surface area (Å²) in [6, 6.07) is 0. The van der Waals surface area contributed by atoms with E-state index in [9.17, 15) is 0 Å². The third kappa shape index (κ3) is 3.23. The molecule has 0 aromatic carbocycles. The van der Waals surface area contributed by atoms with Gasteiger partial charge in [-0.05, 0) is 32.6 Å². The SMILES string of the molecule is CO[C@H]1OC(CCC(C)C)C[C@@H]2OC(C)(C)OC12. The Labute approximate surface area is 110 Å². The van der Waals surface area contributed by atoms with Crippen molar-refractivity contribution in [3.63, 3.8) is 0 Å². The van der Waals surface area contributed by atoms with Crippen LogP contribution >= 0.6 is 0 Å². The summed E-state index contributed by atoms with van der Waals surface area (Å²) in [5, 5.41) is 0. The van der Waals surface area contributed by atoms with E-state index in [4.69, 9.17) is 18.9 Å². The fraction of sp³-hybridized carbons (Fsp3) is 1.00. The zero-order valence-corrected chi connectivity index (χ0v) is 12.1. The molecule has 2 heterocycles. The zero-order chi connectivity index (χ0) is 13.3. The first-order chi connectivity index (χ1) is 8.41. The van der Waals surface area contributed by atoms with Crippen molar-refractivity contribution in [3.8, 4) is 0 Å². The minimum absolute atomic E-state index is 0.0934. The van der Waals surface area contributed by atoms with Gasteiger partial charge in [-0.3, -0.25) is 0 Å². The van der Waals surface area contributed by atoms with Crippen molar-refractivity contribution in [1.29, 1.82) is 0 Å². The summed E-state index contributed by atoms with van der Waals surface area (Å²) in [5.74, 6) is 0.173.